The molecule has 0 amide bonds. The molecule has 0 aliphatic carbocycles. The second-order valence-corrected chi connectivity index (χ2v) is 4.70. The van der Waals surface area contributed by atoms with Crippen LogP contribution >= 0.6 is 0 Å². The van der Waals surface area contributed by atoms with Crippen LogP contribution in [-0.4, -0.2) is 11.5 Å². The maximum absolute atomic E-state index is 5.78. The van der Waals surface area contributed by atoms with Gasteiger partial charge in [-0.15, -0.1) is 0 Å². The molecule has 2 rings (SSSR count). The van der Waals surface area contributed by atoms with Crippen molar-refractivity contribution >= 4 is 22.3 Å². The van der Waals surface area contributed by atoms with Crippen molar-refractivity contribution in [2.75, 3.05) is 17.6 Å². The van der Waals surface area contributed by atoms with E-state index in [1.165, 1.54) is 12.8 Å². The predicted octanol–water partition coefficient (Wildman–Crippen LogP) is 3.67. The lowest BCUT2D eigenvalue weighted by Gasteiger charge is -2.15. The molecule has 0 spiro atoms. The Hall–Kier alpha value is -1.77. The third kappa shape index (κ3) is 2.73. The van der Waals surface area contributed by atoms with Crippen LogP contribution in [0, 0.1) is 5.92 Å². The van der Waals surface area contributed by atoms with Gasteiger partial charge in [-0.3, -0.25) is 4.98 Å². The molecule has 1 heterocycles. The second kappa shape index (κ2) is 5.71. The van der Waals surface area contributed by atoms with Gasteiger partial charge in [0.15, 0.2) is 0 Å². The largest absolute Gasteiger partial charge is 0.399 e. The van der Waals surface area contributed by atoms with Crippen LogP contribution in [0.15, 0.2) is 30.5 Å². The molecule has 3 nitrogen and oxygen atoms in total. The van der Waals surface area contributed by atoms with Crippen molar-refractivity contribution in [3.05, 3.63) is 30.5 Å². The SMILES string of the molecule is CCC(CC)CNc1ccnc2cc(N)ccc12. The molecule has 0 radical (unpaired) electrons. The number of hydrogen-bond donors (Lipinski definition) is 2. The van der Waals surface area contributed by atoms with Crippen molar-refractivity contribution in [3.63, 3.8) is 0 Å². The average molecular weight is 243 g/mol. The molecule has 0 bridgehead atoms. The fourth-order valence-corrected chi connectivity index (χ4v) is 2.15. The van der Waals surface area contributed by atoms with E-state index in [1.54, 1.807) is 0 Å². The molecule has 2 aromatic rings. The van der Waals surface area contributed by atoms with Gasteiger partial charge in [-0.1, -0.05) is 26.7 Å². The van der Waals surface area contributed by atoms with E-state index in [4.69, 9.17) is 5.73 Å². The Morgan fingerprint density at radius 3 is 2.72 bits per heavy atom. The number of benzene rings is 1. The molecule has 96 valence electrons. The van der Waals surface area contributed by atoms with Crippen LogP contribution in [0.4, 0.5) is 11.4 Å². The normalized spacial score (nSPS) is 11.1. The fourth-order valence-electron chi connectivity index (χ4n) is 2.15. The Labute approximate surface area is 108 Å². The van der Waals surface area contributed by atoms with Gasteiger partial charge < -0.3 is 11.1 Å². The van der Waals surface area contributed by atoms with E-state index < -0.39 is 0 Å². The zero-order valence-electron chi connectivity index (χ0n) is 11.1. The van der Waals surface area contributed by atoms with Crippen molar-refractivity contribution in [2.24, 2.45) is 5.92 Å². The van der Waals surface area contributed by atoms with Crippen LogP contribution in [0.1, 0.15) is 26.7 Å². The lowest BCUT2D eigenvalue weighted by Crippen LogP contribution is -2.12. The van der Waals surface area contributed by atoms with E-state index in [9.17, 15) is 0 Å². The summed E-state index contributed by atoms with van der Waals surface area (Å²) in [5, 5.41) is 4.66. The molecule has 1 aromatic heterocycles. The first kappa shape index (κ1) is 12.7. The van der Waals surface area contributed by atoms with Crippen LogP contribution in [-0.2, 0) is 0 Å². The summed E-state index contributed by atoms with van der Waals surface area (Å²) in [4.78, 5) is 4.35. The summed E-state index contributed by atoms with van der Waals surface area (Å²) in [6, 6.07) is 7.90. The van der Waals surface area contributed by atoms with Gasteiger partial charge in [-0.2, -0.15) is 0 Å². The Balaban J connectivity index is 2.23. The number of rotatable bonds is 5. The highest BCUT2D eigenvalue weighted by molar-refractivity contribution is 5.92. The summed E-state index contributed by atoms with van der Waals surface area (Å²) in [5.41, 5.74) is 8.63. The molecule has 0 fully saturated rings. The number of anilines is 2. The van der Waals surface area contributed by atoms with E-state index in [0.29, 0.717) is 0 Å². The Bertz CT molecular complexity index is 518. The Kier molecular flexibility index (Phi) is 4.03. The van der Waals surface area contributed by atoms with Gasteiger partial charge in [0.25, 0.3) is 0 Å². The van der Waals surface area contributed by atoms with E-state index >= 15 is 0 Å². The smallest absolute Gasteiger partial charge is 0.0743 e. The number of nitrogens with zero attached hydrogens (tertiary/aromatic N) is 1. The molecule has 0 unspecified atom stereocenters. The maximum Gasteiger partial charge on any atom is 0.0743 e. The van der Waals surface area contributed by atoms with Crippen LogP contribution < -0.4 is 11.1 Å². The fraction of sp³-hybridized carbons (Fsp3) is 0.400. The van der Waals surface area contributed by atoms with E-state index in [2.05, 4.69) is 24.1 Å². The molecule has 18 heavy (non-hydrogen) atoms. The quantitative estimate of drug-likeness (QED) is 0.788. The first-order valence-electron chi connectivity index (χ1n) is 6.62. The second-order valence-electron chi connectivity index (χ2n) is 4.70. The van der Waals surface area contributed by atoms with Gasteiger partial charge in [0.2, 0.25) is 0 Å². The highest BCUT2D eigenvalue weighted by Crippen LogP contribution is 2.23. The Morgan fingerprint density at radius 2 is 2.00 bits per heavy atom. The maximum atomic E-state index is 5.78. The standard InChI is InChI=1S/C15H21N3/c1-3-11(4-2)10-18-14-7-8-17-15-9-12(16)5-6-13(14)15/h5-9,11H,3-4,10,16H2,1-2H3,(H,17,18). The van der Waals surface area contributed by atoms with Crippen molar-refractivity contribution in [2.45, 2.75) is 26.7 Å². The third-order valence-corrected chi connectivity index (χ3v) is 3.50. The summed E-state index contributed by atoms with van der Waals surface area (Å²) in [6.07, 6.45) is 4.25. The summed E-state index contributed by atoms with van der Waals surface area (Å²) < 4.78 is 0. The van der Waals surface area contributed by atoms with Crippen LogP contribution in [0.3, 0.4) is 0 Å². The number of hydrogen-bond acceptors (Lipinski definition) is 3. The average Bonchev–Trinajstić information content (AvgIpc) is 2.39. The van der Waals surface area contributed by atoms with Gasteiger partial charge in [0, 0.05) is 29.5 Å². The van der Waals surface area contributed by atoms with Crippen LogP contribution in [0.25, 0.3) is 10.9 Å². The molecule has 0 saturated carbocycles. The molecule has 3 heteroatoms. The zero-order chi connectivity index (χ0) is 13.0. The molecule has 0 aliphatic rings. The first-order valence-corrected chi connectivity index (χ1v) is 6.62. The summed E-state index contributed by atoms with van der Waals surface area (Å²) in [7, 11) is 0. The molecule has 0 saturated heterocycles. The zero-order valence-corrected chi connectivity index (χ0v) is 11.1. The first-order chi connectivity index (χ1) is 8.74. The third-order valence-electron chi connectivity index (χ3n) is 3.50. The lowest BCUT2D eigenvalue weighted by atomic mass is 10.0. The highest BCUT2D eigenvalue weighted by atomic mass is 14.9. The van der Waals surface area contributed by atoms with Gasteiger partial charge >= 0.3 is 0 Å². The number of nitrogens with two attached hydrogens (primary N) is 1. The van der Waals surface area contributed by atoms with E-state index in [1.807, 2.05) is 30.5 Å². The summed E-state index contributed by atoms with van der Waals surface area (Å²) in [5.74, 6) is 0.724. The van der Waals surface area contributed by atoms with Crippen molar-refractivity contribution in [1.29, 1.82) is 0 Å². The number of aromatic nitrogens is 1. The summed E-state index contributed by atoms with van der Waals surface area (Å²) >= 11 is 0. The lowest BCUT2D eigenvalue weighted by molar-refractivity contribution is 0.519. The number of nitrogens with one attached hydrogen (secondary N) is 1. The van der Waals surface area contributed by atoms with Gasteiger partial charge in [0.05, 0.1) is 5.52 Å². The minimum Gasteiger partial charge on any atom is -0.399 e. The minimum absolute atomic E-state index is 0.724. The molecule has 0 atom stereocenters. The number of fused-ring (bicyclic) bond motifs is 1. The van der Waals surface area contributed by atoms with E-state index in [0.717, 1.165) is 34.7 Å². The van der Waals surface area contributed by atoms with Crippen LogP contribution in [0.2, 0.25) is 0 Å². The van der Waals surface area contributed by atoms with Crippen molar-refractivity contribution in [3.8, 4) is 0 Å². The van der Waals surface area contributed by atoms with Gasteiger partial charge in [-0.05, 0) is 30.2 Å². The molecule has 1 aromatic carbocycles. The molecular weight excluding hydrogens is 222 g/mol. The summed E-state index contributed by atoms with van der Waals surface area (Å²) in [6.45, 7) is 5.49. The van der Waals surface area contributed by atoms with Crippen molar-refractivity contribution < 1.29 is 0 Å². The monoisotopic (exact) mass is 243 g/mol. The topological polar surface area (TPSA) is 50.9 Å². The number of pyridine rings is 1. The number of nitrogen functional groups attached to an aromatic ring is 1. The van der Waals surface area contributed by atoms with Gasteiger partial charge in [-0.25, -0.2) is 0 Å². The van der Waals surface area contributed by atoms with Crippen LogP contribution in [0.5, 0.6) is 0 Å². The Morgan fingerprint density at radius 1 is 1.22 bits per heavy atom. The minimum atomic E-state index is 0.724. The van der Waals surface area contributed by atoms with Gasteiger partial charge in [0.1, 0.15) is 0 Å². The molecular formula is C15H21N3. The van der Waals surface area contributed by atoms with Crippen molar-refractivity contribution in [1.82, 2.24) is 4.98 Å². The molecule has 0 aliphatic heterocycles. The predicted molar refractivity (Wildman–Crippen MR) is 78.7 cm³/mol. The molecule has 3 N–H and O–H groups in total. The highest BCUT2D eigenvalue weighted by Gasteiger charge is 2.05. The van der Waals surface area contributed by atoms with E-state index in [-0.39, 0.29) is 0 Å².